The summed E-state index contributed by atoms with van der Waals surface area (Å²) in [6, 6.07) is 4.02. The van der Waals surface area contributed by atoms with Crippen LogP contribution in [0.25, 0.3) is 10.2 Å². The van der Waals surface area contributed by atoms with Gasteiger partial charge in [-0.25, -0.2) is 9.97 Å². The van der Waals surface area contributed by atoms with Crippen molar-refractivity contribution in [1.29, 1.82) is 0 Å². The molecule has 0 saturated carbocycles. The number of fused-ring (bicyclic) bond motifs is 1. The van der Waals surface area contributed by atoms with E-state index < -0.39 is 0 Å². The Balaban J connectivity index is 1.48. The van der Waals surface area contributed by atoms with Gasteiger partial charge in [-0.05, 0) is 44.2 Å². The average molecular weight is 388 g/mol. The standard InChI is InChI=1S/C19H21N3O2S2/c1-12-8-16(13(2)22(12)9-14-4-3-6-24-14)17(23)10-26-19-15-5-7-25-18(15)20-11-21-19/h5,7-8,11,14H,3-4,6,9-10H2,1-2H3. The number of thiophene rings is 1. The molecule has 1 atom stereocenters. The Morgan fingerprint density at radius 2 is 2.31 bits per heavy atom. The Hall–Kier alpha value is -1.70. The Morgan fingerprint density at radius 1 is 1.42 bits per heavy atom. The maximum Gasteiger partial charge on any atom is 0.174 e. The van der Waals surface area contributed by atoms with Crippen LogP contribution in [-0.2, 0) is 11.3 Å². The Labute approximate surface area is 160 Å². The van der Waals surface area contributed by atoms with Crippen molar-refractivity contribution < 1.29 is 9.53 Å². The summed E-state index contributed by atoms with van der Waals surface area (Å²) < 4.78 is 7.97. The van der Waals surface area contributed by atoms with Crippen LogP contribution in [0, 0.1) is 13.8 Å². The van der Waals surface area contributed by atoms with Gasteiger partial charge < -0.3 is 9.30 Å². The predicted octanol–water partition coefficient (Wildman–Crippen LogP) is 4.26. The van der Waals surface area contributed by atoms with E-state index in [1.165, 1.54) is 11.8 Å². The first-order chi connectivity index (χ1) is 12.6. The first-order valence-corrected chi connectivity index (χ1v) is 10.6. The van der Waals surface area contributed by atoms with E-state index in [0.29, 0.717) is 5.75 Å². The molecule has 0 aromatic carbocycles. The highest BCUT2D eigenvalue weighted by atomic mass is 32.2. The number of carbonyl (C=O) groups is 1. The van der Waals surface area contributed by atoms with Gasteiger partial charge in [-0.2, -0.15) is 0 Å². The molecule has 1 aliphatic rings. The Bertz CT molecular complexity index is 942. The van der Waals surface area contributed by atoms with E-state index in [-0.39, 0.29) is 11.9 Å². The molecule has 0 radical (unpaired) electrons. The molecule has 0 N–H and O–H groups in total. The zero-order chi connectivity index (χ0) is 18.1. The fourth-order valence-corrected chi connectivity index (χ4v) is 5.11. The highest BCUT2D eigenvalue weighted by molar-refractivity contribution is 8.00. The molecule has 0 spiro atoms. The number of nitrogens with zero attached hydrogens (tertiary/aromatic N) is 3. The van der Waals surface area contributed by atoms with Crippen LogP contribution in [0.5, 0.6) is 0 Å². The zero-order valence-corrected chi connectivity index (χ0v) is 16.5. The minimum Gasteiger partial charge on any atom is -0.376 e. The number of aryl methyl sites for hydroxylation is 1. The van der Waals surface area contributed by atoms with Crippen LogP contribution in [-0.4, -0.2) is 38.8 Å². The van der Waals surface area contributed by atoms with E-state index in [9.17, 15) is 4.79 Å². The quantitative estimate of drug-likeness (QED) is 0.359. The number of thioether (sulfide) groups is 1. The van der Waals surface area contributed by atoms with Gasteiger partial charge in [0, 0.05) is 35.5 Å². The highest BCUT2D eigenvalue weighted by Gasteiger charge is 2.21. The minimum atomic E-state index is 0.142. The monoisotopic (exact) mass is 387 g/mol. The number of ketones is 1. The van der Waals surface area contributed by atoms with Crippen LogP contribution in [0.4, 0.5) is 0 Å². The van der Waals surface area contributed by atoms with E-state index in [4.69, 9.17) is 4.74 Å². The van der Waals surface area contributed by atoms with E-state index in [1.807, 2.05) is 24.4 Å². The summed E-state index contributed by atoms with van der Waals surface area (Å²) in [5.74, 6) is 0.523. The van der Waals surface area contributed by atoms with Crippen molar-refractivity contribution in [3.8, 4) is 0 Å². The van der Waals surface area contributed by atoms with Crippen molar-refractivity contribution in [2.45, 2.75) is 44.4 Å². The SMILES string of the molecule is Cc1cc(C(=O)CSc2ncnc3sccc23)c(C)n1CC1CCCO1. The number of Topliss-reactive ketones (excluding diaryl/α,β-unsaturated/α-hetero) is 1. The van der Waals surface area contributed by atoms with Crippen molar-refractivity contribution in [3.05, 3.63) is 40.8 Å². The third-order valence-corrected chi connectivity index (χ3v) is 6.68. The Morgan fingerprint density at radius 3 is 3.12 bits per heavy atom. The van der Waals surface area contributed by atoms with Gasteiger partial charge in [0.1, 0.15) is 16.2 Å². The molecule has 26 heavy (non-hydrogen) atoms. The number of carbonyl (C=O) groups excluding carboxylic acids is 1. The molecule has 0 aliphatic carbocycles. The molecule has 0 amide bonds. The van der Waals surface area contributed by atoms with Gasteiger partial charge in [0.2, 0.25) is 0 Å². The fourth-order valence-electron chi connectivity index (χ4n) is 3.45. The number of aromatic nitrogens is 3. The molecular formula is C19H21N3O2S2. The number of rotatable bonds is 6. The fraction of sp³-hybridized carbons (Fsp3) is 0.421. The lowest BCUT2D eigenvalue weighted by Gasteiger charge is -2.14. The molecule has 7 heteroatoms. The predicted molar refractivity (Wildman–Crippen MR) is 105 cm³/mol. The zero-order valence-electron chi connectivity index (χ0n) is 14.9. The summed E-state index contributed by atoms with van der Waals surface area (Å²) >= 11 is 3.08. The molecule has 3 aromatic heterocycles. The summed E-state index contributed by atoms with van der Waals surface area (Å²) in [6.07, 6.45) is 4.06. The van der Waals surface area contributed by atoms with Gasteiger partial charge in [-0.3, -0.25) is 4.79 Å². The van der Waals surface area contributed by atoms with Crippen LogP contribution in [0.2, 0.25) is 0 Å². The molecule has 5 nitrogen and oxygen atoms in total. The normalized spacial score (nSPS) is 17.2. The van der Waals surface area contributed by atoms with Crippen molar-refractivity contribution >= 4 is 39.1 Å². The summed E-state index contributed by atoms with van der Waals surface area (Å²) in [5, 5.41) is 3.90. The van der Waals surface area contributed by atoms with Crippen LogP contribution >= 0.6 is 23.1 Å². The largest absolute Gasteiger partial charge is 0.376 e. The van der Waals surface area contributed by atoms with Gasteiger partial charge in [0.15, 0.2) is 5.78 Å². The molecule has 1 fully saturated rings. The van der Waals surface area contributed by atoms with E-state index in [2.05, 4.69) is 21.5 Å². The summed E-state index contributed by atoms with van der Waals surface area (Å²) in [5.41, 5.74) is 2.96. The molecule has 3 aromatic rings. The van der Waals surface area contributed by atoms with Crippen LogP contribution < -0.4 is 0 Å². The van der Waals surface area contributed by atoms with Gasteiger partial charge in [-0.1, -0.05) is 11.8 Å². The maximum absolute atomic E-state index is 12.8. The lowest BCUT2D eigenvalue weighted by atomic mass is 10.2. The molecular weight excluding hydrogens is 366 g/mol. The lowest BCUT2D eigenvalue weighted by molar-refractivity contribution is 0.0957. The second-order valence-electron chi connectivity index (χ2n) is 6.56. The highest BCUT2D eigenvalue weighted by Crippen LogP contribution is 2.29. The van der Waals surface area contributed by atoms with Gasteiger partial charge in [-0.15, -0.1) is 11.3 Å². The first kappa shape index (κ1) is 17.7. The molecule has 1 unspecified atom stereocenters. The molecule has 1 aliphatic heterocycles. The second-order valence-corrected chi connectivity index (χ2v) is 8.42. The smallest absolute Gasteiger partial charge is 0.174 e. The van der Waals surface area contributed by atoms with Crippen molar-refractivity contribution in [3.63, 3.8) is 0 Å². The molecule has 4 rings (SSSR count). The molecule has 1 saturated heterocycles. The molecule has 136 valence electrons. The number of hydrogen-bond donors (Lipinski definition) is 0. The number of ether oxygens (including phenoxy) is 1. The minimum absolute atomic E-state index is 0.142. The van der Waals surface area contributed by atoms with Gasteiger partial charge in [0.05, 0.1) is 11.9 Å². The van der Waals surface area contributed by atoms with Crippen LogP contribution in [0.1, 0.15) is 34.6 Å². The van der Waals surface area contributed by atoms with E-state index in [1.54, 1.807) is 17.7 Å². The Kier molecular flexibility index (Phi) is 5.11. The molecule has 4 heterocycles. The third kappa shape index (κ3) is 3.43. The number of hydrogen-bond acceptors (Lipinski definition) is 6. The third-order valence-electron chi connectivity index (χ3n) is 4.85. The molecule has 0 bridgehead atoms. The van der Waals surface area contributed by atoms with Crippen LogP contribution in [0.3, 0.4) is 0 Å². The average Bonchev–Trinajstić information content (AvgIpc) is 3.37. The first-order valence-electron chi connectivity index (χ1n) is 8.76. The van der Waals surface area contributed by atoms with Gasteiger partial charge >= 0.3 is 0 Å². The van der Waals surface area contributed by atoms with E-state index in [0.717, 1.165) is 58.2 Å². The lowest BCUT2D eigenvalue weighted by Crippen LogP contribution is -2.17. The van der Waals surface area contributed by atoms with Crippen molar-refractivity contribution in [1.82, 2.24) is 14.5 Å². The maximum atomic E-state index is 12.8. The summed E-state index contributed by atoms with van der Waals surface area (Å²) in [4.78, 5) is 22.4. The second kappa shape index (κ2) is 7.50. The van der Waals surface area contributed by atoms with E-state index >= 15 is 0 Å². The van der Waals surface area contributed by atoms with Crippen molar-refractivity contribution in [2.24, 2.45) is 0 Å². The van der Waals surface area contributed by atoms with Gasteiger partial charge in [0.25, 0.3) is 0 Å². The van der Waals surface area contributed by atoms with Crippen LogP contribution in [0.15, 0.2) is 28.9 Å². The topological polar surface area (TPSA) is 57.0 Å². The summed E-state index contributed by atoms with van der Waals surface area (Å²) in [7, 11) is 0. The summed E-state index contributed by atoms with van der Waals surface area (Å²) in [6.45, 7) is 5.77. The van der Waals surface area contributed by atoms with Crippen molar-refractivity contribution in [2.75, 3.05) is 12.4 Å².